The summed E-state index contributed by atoms with van der Waals surface area (Å²) in [4.78, 5) is 15.3. The molecule has 2 N–H and O–H groups in total. The van der Waals surface area contributed by atoms with E-state index in [0.29, 0.717) is 6.61 Å². The summed E-state index contributed by atoms with van der Waals surface area (Å²) in [7, 11) is 0. The standard InChI is InChI=1S/C7H13NO3/c9-7(10)4-6-2-1-3-8-11-5-6/h6,8H,1-5H2,(H,9,10). The minimum Gasteiger partial charge on any atom is -0.481 e. The highest BCUT2D eigenvalue weighted by Gasteiger charge is 2.15. The fourth-order valence-electron chi connectivity index (χ4n) is 1.20. The van der Waals surface area contributed by atoms with Gasteiger partial charge in [-0.1, -0.05) is 0 Å². The zero-order valence-electron chi connectivity index (χ0n) is 6.38. The van der Waals surface area contributed by atoms with Crippen LogP contribution < -0.4 is 5.48 Å². The monoisotopic (exact) mass is 159 g/mol. The molecule has 1 aliphatic rings. The first-order valence-corrected chi connectivity index (χ1v) is 3.85. The summed E-state index contributed by atoms with van der Waals surface area (Å²) in [6.45, 7) is 1.35. The molecule has 1 heterocycles. The van der Waals surface area contributed by atoms with Crippen LogP contribution in [0.25, 0.3) is 0 Å². The number of rotatable bonds is 2. The highest BCUT2D eigenvalue weighted by atomic mass is 16.6. The number of hydrogen-bond donors (Lipinski definition) is 2. The highest BCUT2D eigenvalue weighted by molar-refractivity contribution is 5.67. The summed E-state index contributed by atoms with van der Waals surface area (Å²) >= 11 is 0. The molecule has 0 aromatic rings. The summed E-state index contributed by atoms with van der Waals surface area (Å²) in [5, 5.41) is 8.48. The van der Waals surface area contributed by atoms with Gasteiger partial charge in [0, 0.05) is 6.54 Å². The summed E-state index contributed by atoms with van der Waals surface area (Å²) in [5.41, 5.74) is 2.76. The van der Waals surface area contributed by atoms with Crippen molar-refractivity contribution in [2.24, 2.45) is 5.92 Å². The average Bonchev–Trinajstić information content (AvgIpc) is 2.14. The summed E-state index contributed by atoms with van der Waals surface area (Å²) in [6, 6.07) is 0. The van der Waals surface area contributed by atoms with Gasteiger partial charge in [0.15, 0.2) is 0 Å². The van der Waals surface area contributed by atoms with E-state index in [2.05, 4.69) is 5.48 Å². The fraction of sp³-hybridized carbons (Fsp3) is 0.857. The Bertz CT molecular complexity index is 130. The minimum atomic E-state index is -0.736. The zero-order chi connectivity index (χ0) is 8.10. The van der Waals surface area contributed by atoms with Gasteiger partial charge < -0.3 is 9.94 Å². The first-order valence-electron chi connectivity index (χ1n) is 3.85. The van der Waals surface area contributed by atoms with E-state index in [4.69, 9.17) is 9.94 Å². The maximum absolute atomic E-state index is 10.3. The molecule has 1 atom stereocenters. The fourth-order valence-corrected chi connectivity index (χ4v) is 1.20. The molecular formula is C7H13NO3. The molecule has 0 amide bonds. The van der Waals surface area contributed by atoms with Crippen molar-refractivity contribution in [1.82, 2.24) is 5.48 Å². The van der Waals surface area contributed by atoms with Gasteiger partial charge in [-0.05, 0) is 18.8 Å². The van der Waals surface area contributed by atoms with Crippen LogP contribution in [-0.2, 0) is 9.63 Å². The molecule has 0 radical (unpaired) electrons. The van der Waals surface area contributed by atoms with E-state index in [1.54, 1.807) is 0 Å². The van der Waals surface area contributed by atoms with Gasteiger partial charge >= 0.3 is 5.97 Å². The average molecular weight is 159 g/mol. The van der Waals surface area contributed by atoms with E-state index in [1.165, 1.54) is 0 Å². The van der Waals surface area contributed by atoms with Gasteiger partial charge in [0.25, 0.3) is 0 Å². The molecule has 11 heavy (non-hydrogen) atoms. The molecule has 0 saturated carbocycles. The van der Waals surface area contributed by atoms with Crippen molar-refractivity contribution in [1.29, 1.82) is 0 Å². The number of carboxylic acids is 1. The predicted molar refractivity (Wildman–Crippen MR) is 38.9 cm³/mol. The van der Waals surface area contributed by atoms with Crippen molar-refractivity contribution in [2.45, 2.75) is 19.3 Å². The number of aliphatic carboxylic acids is 1. The molecule has 0 aliphatic carbocycles. The zero-order valence-corrected chi connectivity index (χ0v) is 6.38. The Labute approximate surface area is 65.5 Å². The van der Waals surface area contributed by atoms with Crippen molar-refractivity contribution in [3.05, 3.63) is 0 Å². The van der Waals surface area contributed by atoms with Crippen molar-refractivity contribution in [3.8, 4) is 0 Å². The molecule has 0 aromatic heterocycles. The molecular weight excluding hydrogens is 146 g/mol. The van der Waals surface area contributed by atoms with Crippen LogP contribution in [0.2, 0.25) is 0 Å². The second kappa shape index (κ2) is 4.31. The van der Waals surface area contributed by atoms with Gasteiger partial charge in [0.1, 0.15) is 0 Å². The lowest BCUT2D eigenvalue weighted by atomic mass is 10.0. The molecule has 1 saturated heterocycles. The van der Waals surface area contributed by atoms with E-state index in [-0.39, 0.29) is 12.3 Å². The lowest BCUT2D eigenvalue weighted by Gasteiger charge is -2.08. The third kappa shape index (κ3) is 3.34. The van der Waals surface area contributed by atoms with E-state index < -0.39 is 5.97 Å². The van der Waals surface area contributed by atoms with Crippen LogP contribution in [0.15, 0.2) is 0 Å². The largest absolute Gasteiger partial charge is 0.481 e. The Morgan fingerprint density at radius 2 is 2.55 bits per heavy atom. The number of hydrogen-bond acceptors (Lipinski definition) is 3. The maximum Gasteiger partial charge on any atom is 0.303 e. The predicted octanol–water partition coefficient (Wildman–Crippen LogP) is 0.392. The van der Waals surface area contributed by atoms with Crippen LogP contribution in [0, 0.1) is 5.92 Å². The van der Waals surface area contributed by atoms with E-state index >= 15 is 0 Å². The number of hydroxylamine groups is 1. The van der Waals surface area contributed by atoms with Crippen molar-refractivity contribution in [2.75, 3.05) is 13.2 Å². The van der Waals surface area contributed by atoms with Crippen LogP contribution in [0.1, 0.15) is 19.3 Å². The van der Waals surface area contributed by atoms with Gasteiger partial charge in [-0.3, -0.25) is 4.79 Å². The van der Waals surface area contributed by atoms with Crippen LogP contribution in [0.3, 0.4) is 0 Å². The summed E-state index contributed by atoms with van der Waals surface area (Å²) in [6.07, 6.45) is 2.17. The molecule has 1 rings (SSSR count). The Kier molecular flexibility index (Phi) is 3.32. The van der Waals surface area contributed by atoms with Crippen LogP contribution >= 0.6 is 0 Å². The Hall–Kier alpha value is -0.610. The van der Waals surface area contributed by atoms with Crippen molar-refractivity contribution in [3.63, 3.8) is 0 Å². The highest BCUT2D eigenvalue weighted by Crippen LogP contribution is 2.13. The molecule has 1 unspecified atom stereocenters. The van der Waals surface area contributed by atoms with E-state index in [1.807, 2.05) is 0 Å². The first kappa shape index (κ1) is 8.49. The van der Waals surface area contributed by atoms with Crippen LogP contribution in [0.5, 0.6) is 0 Å². The summed E-state index contributed by atoms with van der Waals surface area (Å²) < 4.78 is 0. The molecule has 0 spiro atoms. The normalized spacial score (nSPS) is 26.0. The first-order chi connectivity index (χ1) is 5.29. The van der Waals surface area contributed by atoms with Crippen molar-refractivity contribution < 1.29 is 14.7 Å². The number of nitrogens with one attached hydrogen (secondary N) is 1. The second-order valence-corrected chi connectivity index (χ2v) is 2.81. The third-order valence-electron chi connectivity index (χ3n) is 1.78. The molecule has 0 aromatic carbocycles. The van der Waals surface area contributed by atoms with Crippen LogP contribution in [0.4, 0.5) is 0 Å². The topological polar surface area (TPSA) is 58.6 Å². The molecule has 4 heteroatoms. The number of carbonyl (C=O) groups is 1. The molecule has 1 fully saturated rings. The number of carboxylic acid groups (broad SMARTS) is 1. The lowest BCUT2D eigenvalue weighted by Crippen LogP contribution is -2.16. The quantitative estimate of drug-likeness (QED) is 0.612. The van der Waals surface area contributed by atoms with Gasteiger partial charge in [-0.15, -0.1) is 0 Å². The minimum absolute atomic E-state index is 0.183. The van der Waals surface area contributed by atoms with Crippen LogP contribution in [-0.4, -0.2) is 24.2 Å². The van der Waals surface area contributed by atoms with Crippen molar-refractivity contribution >= 4 is 5.97 Å². The molecule has 1 aliphatic heterocycles. The lowest BCUT2D eigenvalue weighted by molar-refractivity contribution is -0.138. The summed E-state index contributed by atoms with van der Waals surface area (Å²) in [5.74, 6) is -0.553. The maximum atomic E-state index is 10.3. The Morgan fingerprint density at radius 3 is 3.27 bits per heavy atom. The Balaban J connectivity index is 2.25. The molecule has 4 nitrogen and oxygen atoms in total. The second-order valence-electron chi connectivity index (χ2n) is 2.81. The Morgan fingerprint density at radius 1 is 1.73 bits per heavy atom. The van der Waals surface area contributed by atoms with Gasteiger partial charge in [-0.2, -0.15) is 0 Å². The SMILES string of the molecule is O=C(O)CC1CCCNOC1. The third-order valence-corrected chi connectivity index (χ3v) is 1.78. The van der Waals surface area contributed by atoms with Gasteiger partial charge in [-0.25, -0.2) is 5.48 Å². The van der Waals surface area contributed by atoms with Gasteiger partial charge in [0.2, 0.25) is 0 Å². The molecule has 64 valence electrons. The van der Waals surface area contributed by atoms with Gasteiger partial charge in [0.05, 0.1) is 13.0 Å². The van der Waals surface area contributed by atoms with E-state index in [9.17, 15) is 4.79 Å². The molecule has 0 bridgehead atoms. The smallest absolute Gasteiger partial charge is 0.303 e. The van der Waals surface area contributed by atoms with E-state index in [0.717, 1.165) is 19.4 Å².